The maximum absolute atomic E-state index is 6.08. The largest absolute Gasteiger partial charge is 0.255 e. The first-order chi connectivity index (χ1) is 6.22. The van der Waals surface area contributed by atoms with Crippen molar-refractivity contribution in [1.29, 1.82) is 0 Å². The first-order valence-electron chi connectivity index (χ1n) is 4.71. The average Bonchev–Trinajstić information content (AvgIpc) is 2.49. The van der Waals surface area contributed by atoms with Crippen LogP contribution in [0.25, 0.3) is 0 Å². The van der Waals surface area contributed by atoms with E-state index in [1.165, 1.54) is 0 Å². The molecule has 0 amide bonds. The lowest BCUT2D eigenvalue weighted by molar-refractivity contribution is 0.667. The van der Waals surface area contributed by atoms with Gasteiger partial charge in [0, 0.05) is 18.6 Å². The fraction of sp³-hybridized carbons (Fsp3) is 0.778. The lowest BCUT2D eigenvalue weighted by atomic mass is 10.1. The van der Waals surface area contributed by atoms with Crippen molar-refractivity contribution in [1.82, 2.24) is 15.0 Å². The van der Waals surface area contributed by atoms with Gasteiger partial charge < -0.3 is 0 Å². The highest BCUT2D eigenvalue weighted by Crippen LogP contribution is 2.12. The third kappa shape index (κ3) is 3.77. The Kier molecular flexibility index (Phi) is 4.22. The third-order valence-corrected chi connectivity index (χ3v) is 2.40. The SMILES string of the molecule is CCCC(Cl)CCc1cn(C)nn1. The monoisotopic (exact) mass is 201 g/mol. The fourth-order valence-electron chi connectivity index (χ4n) is 1.27. The molecule has 1 rings (SSSR count). The Morgan fingerprint density at radius 2 is 2.31 bits per heavy atom. The number of aryl methyl sites for hydroxylation is 2. The Balaban J connectivity index is 2.26. The zero-order valence-corrected chi connectivity index (χ0v) is 8.96. The zero-order chi connectivity index (χ0) is 9.68. The molecule has 1 heterocycles. The summed E-state index contributed by atoms with van der Waals surface area (Å²) in [5.41, 5.74) is 1.03. The molecule has 0 saturated carbocycles. The van der Waals surface area contributed by atoms with Gasteiger partial charge in [-0.1, -0.05) is 18.6 Å². The third-order valence-electron chi connectivity index (χ3n) is 1.97. The molecule has 0 aromatic carbocycles. The fourth-order valence-corrected chi connectivity index (χ4v) is 1.60. The Bertz CT molecular complexity index is 247. The molecule has 1 aromatic rings. The van der Waals surface area contributed by atoms with Crippen molar-refractivity contribution >= 4 is 11.6 Å². The van der Waals surface area contributed by atoms with Crippen LogP contribution in [0, 0.1) is 0 Å². The quantitative estimate of drug-likeness (QED) is 0.684. The van der Waals surface area contributed by atoms with E-state index in [4.69, 9.17) is 11.6 Å². The van der Waals surface area contributed by atoms with E-state index in [1.54, 1.807) is 4.68 Å². The highest BCUT2D eigenvalue weighted by molar-refractivity contribution is 6.20. The van der Waals surface area contributed by atoms with Gasteiger partial charge in [-0.3, -0.25) is 4.68 Å². The van der Waals surface area contributed by atoms with E-state index in [9.17, 15) is 0 Å². The number of hydrogen-bond donors (Lipinski definition) is 0. The van der Waals surface area contributed by atoms with Crippen LogP contribution in [0.4, 0.5) is 0 Å². The topological polar surface area (TPSA) is 30.7 Å². The molecule has 0 bridgehead atoms. The van der Waals surface area contributed by atoms with Crippen LogP contribution in [-0.2, 0) is 13.5 Å². The van der Waals surface area contributed by atoms with Crippen molar-refractivity contribution in [3.05, 3.63) is 11.9 Å². The highest BCUT2D eigenvalue weighted by Gasteiger charge is 2.05. The van der Waals surface area contributed by atoms with E-state index in [2.05, 4.69) is 17.2 Å². The van der Waals surface area contributed by atoms with Crippen molar-refractivity contribution in [2.24, 2.45) is 7.05 Å². The lowest BCUT2D eigenvalue weighted by Crippen LogP contribution is -2.00. The van der Waals surface area contributed by atoms with Crippen LogP contribution in [0.15, 0.2) is 6.20 Å². The van der Waals surface area contributed by atoms with E-state index in [0.29, 0.717) is 0 Å². The molecule has 0 spiro atoms. The molecule has 74 valence electrons. The molecule has 1 unspecified atom stereocenters. The summed E-state index contributed by atoms with van der Waals surface area (Å²) in [6.07, 6.45) is 6.10. The summed E-state index contributed by atoms with van der Waals surface area (Å²) in [5, 5.41) is 8.15. The lowest BCUT2D eigenvalue weighted by Gasteiger charge is -2.04. The second-order valence-corrected chi connectivity index (χ2v) is 3.93. The van der Waals surface area contributed by atoms with Crippen LogP contribution in [0.1, 0.15) is 31.9 Å². The van der Waals surface area contributed by atoms with Gasteiger partial charge in [0.2, 0.25) is 0 Å². The predicted molar refractivity (Wildman–Crippen MR) is 53.9 cm³/mol. The van der Waals surface area contributed by atoms with Crippen molar-refractivity contribution < 1.29 is 0 Å². The van der Waals surface area contributed by atoms with Gasteiger partial charge in [-0.15, -0.1) is 16.7 Å². The van der Waals surface area contributed by atoms with E-state index in [-0.39, 0.29) is 5.38 Å². The first-order valence-corrected chi connectivity index (χ1v) is 5.15. The number of hydrogen-bond acceptors (Lipinski definition) is 2. The van der Waals surface area contributed by atoms with E-state index in [0.717, 1.165) is 31.4 Å². The summed E-state index contributed by atoms with van der Waals surface area (Å²) in [6.45, 7) is 2.15. The molecule has 3 nitrogen and oxygen atoms in total. The number of aromatic nitrogens is 3. The van der Waals surface area contributed by atoms with Crippen LogP contribution >= 0.6 is 11.6 Å². The molecule has 4 heteroatoms. The molecule has 1 aromatic heterocycles. The summed E-state index contributed by atoms with van der Waals surface area (Å²) < 4.78 is 1.72. The second kappa shape index (κ2) is 5.22. The minimum Gasteiger partial charge on any atom is -0.255 e. The van der Waals surface area contributed by atoms with Gasteiger partial charge in [-0.05, 0) is 19.3 Å². The van der Waals surface area contributed by atoms with E-state index in [1.807, 2.05) is 13.2 Å². The van der Waals surface area contributed by atoms with Gasteiger partial charge in [0.1, 0.15) is 0 Å². The summed E-state index contributed by atoms with van der Waals surface area (Å²) >= 11 is 6.08. The van der Waals surface area contributed by atoms with E-state index < -0.39 is 0 Å². The molecule has 0 aliphatic rings. The molecule has 0 aliphatic carbocycles. The summed E-state index contributed by atoms with van der Waals surface area (Å²) in [5.74, 6) is 0. The van der Waals surface area contributed by atoms with Crippen molar-refractivity contribution in [2.75, 3.05) is 0 Å². The Morgan fingerprint density at radius 3 is 2.85 bits per heavy atom. The molecule has 0 N–H and O–H groups in total. The molecule has 0 aliphatic heterocycles. The number of rotatable bonds is 5. The molecule has 0 radical (unpaired) electrons. The number of alkyl halides is 1. The molecular weight excluding hydrogens is 186 g/mol. The van der Waals surface area contributed by atoms with Crippen molar-refractivity contribution in [3.63, 3.8) is 0 Å². The second-order valence-electron chi connectivity index (χ2n) is 3.31. The van der Waals surface area contributed by atoms with Gasteiger partial charge in [0.05, 0.1) is 5.69 Å². The number of nitrogens with zero attached hydrogens (tertiary/aromatic N) is 3. The minimum atomic E-state index is 0.284. The Labute approximate surface area is 84.1 Å². The molecule has 13 heavy (non-hydrogen) atoms. The Hall–Kier alpha value is -0.570. The predicted octanol–water partition coefficient (Wildman–Crippen LogP) is 2.16. The van der Waals surface area contributed by atoms with E-state index >= 15 is 0 Å². The average molecular weight is 202 g/mol. The summed E-state index contributed by atoms with van der Waals surface area (Å²) in [6, 6.07) is 0. The van der Waals surface area contributed by atoms with Crippen LogP contribution in [0.5, 0.6) is 0 Å². The van der Waals surface area contributed by atoms with Gasteiger partial charge in [-0.25, -0.2) is 0 Å². The maximum atomic E-state index is 6.08. The van der Waals surface area contributed by atoms with Gasteiger partial charge in [0.25, 0.3) is 0 Å². The minimum absolute atomic E-state index is 0.284. The van der Waals surface area contributed by atoms with Gasteiger partial charge in [-0.2, -0.15) is 0 Å². The van der Waals surface area contributed by atoms with Gasteiger partial charge >= 0.3 is 0 Å². The van der Waals surface area contributed by atoms with Crippen molar-refractivity contribution in [2.45, 2.75) is 38.0 Å². The van der Waals surface area contributed by atoms with Crippen LogP contribution in [-0.4, -0.2) is 20.4 Å². The number of halogens is 1. The zero-order valence-electron chi connectivity index (χ0n) is 8.20. The molecule has 1 atom stereocenters. The van der Waals surface area contributed by atoms with Gasteiger partial charge in [0.15, 0.2) is 0 Å². The smallest absolute Gasteiger partial charge is 0.0827 e. The molecule has 0 fully saturated rings. The highest BCUT2D eigenvalue weighted by atomic mass is 35.5. The van der Waals surface area contributed by atoms with Crippen LogP contribution in [0.2, 0.25) is 0 Å². The maximum Gasteiger partial charge on any atom is 0.0827 e. The van der Waals surface area contributed by atoms with Crippen LogP contribution in [0.3, 0.4) is 0 Å². The normalized spacial score (nSPS) is 13.2. The Morgan fingerprint density at radius 1 is 1.54 bits per heavy atom. The molecular formula is C9H16ClN3. The summed E-state index contributed by atoms with van der Waals surface area (Å²) in [7, 11) is 1.88. The van der Waals surface area contributed by atoms with Crippen molar-refractivity contribution in [3.8, 4) is 0 Å². The molecule has 0 saturated heterocycles. The standard InChI is InChI=1S/C9H16ClN3/c1-3-4-8(10)5-6-9-7-13(2)12-11-9/h7-8H,3-6H2,1-2H3. The first kappa shape index (κ1) is 10.5. The van der Waals surface area contributed by atoms with Crippen LogP contribution < -0.4 is 0 Å². The summed E-state index contributed by atoms with van der Waals surface area (Å²) in [4.78, 5) is 0.